The molecule has 1 atom stereocenters. The highest BCUT2D eigenvalue weighted by molar-refractivity contribution is 5.14. The van der Waals surface area contributed by atoms with Crippen molar-refractivity contribution in [3.63, 3.8) is 0 Å². The van der Waals surface area contributed by atoms with E-state index in [1.807, 2.05) is 12.1 Å². The van der Waals surface area contributed by atoms with Crippen molar-refractivity contribution in [1.82, 2.24) is 4.90 Å². The summed E-state index contributed by atoms with van der Waals surface area (Å²) < 4.78 is 5.47. The lowest BCUT2D eigenvalue weighted by atomic mass is 10.1. The van der Waals surface area contributed by atoms with E-state index in [9.17, 15) is 0 Å². The number of nitrogens with zero attached hydrogens (tertiary/aromatic N) is 1. The third kappa shape index (κ3) is 4.45. The fraction of sp³-hybridized carbons (Fsp3) is 0.444. The largest absolute Gasteiger partial charge is 0.468 e. The highest BCUT2D eigenvalue weighted by atomic mass is 16.3. The molecular formula is C18H24N2O. The molecule has 0 spiro atoms. The fourth-order valence-electron chi connectivity index (χ4n) is 2.77. The van der Waals surface area contributed by atoms with Crippen LogP contribution in [0.25, 0.3) is 0 Å². The lowest BCUT2D eigenvalue weighted by molar-refractivity contribution is 0.216. The van der Waals surface area contributed by atoms with Crippen molar-refractivity contribution in [3.8, 4) is 0 Å². The van der Waals surface area contributed by atoms with Crippen molar-refractivity contribution in [1.29, 1.82) is 0 Å². The number of hydrogen-bond donors (Lipinski definition) is 1. The Morgan fingerprint density at radius 2 is 1.95 bits per heavy atom. The van der Waals surface area contributed by atoms with Gasteiger partial charge < -0.3 is 10.2 Å². The SMILES string of the molecule is NC(CCc1ccccc1)CN(Cc1ccco1)C1CC1. The highest BCUT2D eigenvalue weighted by Crippen LogP contribution is 2.28. The second-order valence-corrected chi connectivity index (χ2v) is 6.02. The summed E-state index contributed by atoms with van der Waals surface area (Å²) in [5.74, 6) is 1.04. The Balaban J connectivity index is 1.48. The van der Waals surface area contributed by atoms with Crippen molar-refractivity contribution in [2.45, 2.75) is 44.3 Å². The van der Waals surface area contributed by atoms with E-state index >= 15 is 0 Å². The fourth-order valence-corrected chi connectivity index (χ4v) is 2.77. The van der Waals surface area contributed by atoms with Gasteiger partial charge in [0.25, 0.3) is 0 Å². The van der Waals surface area contributed by atoms with Gasteiger partial charge in [-0.25, -0.2) is 0 Å². The average molecular weight is 284 g/mol. The van der Waals surface area contributed by atoms with Crippen LogP contribution >= 0.6 is 0 Å². The van der Waals surface area contributed by atoms with E-state index in [1.165, 1.54) is 18.4 Å². The van der Waals surface area contributed by atoms with E-state index in [0.717, 1.165) is 31.7 Å². The summed E-state index contributed by atoms with van der Waals surface area (Å²) in [6, 6.07) is 15.5. The summed E-state index contributed by atoms with van der Waals surface area (Å²) in [5.41, 5.74) is 7.72. The normalized spacial score (nSPS) is 16.3. The van der Waals surface area contributed by atoms with Crippen LogP contribution in [0.4, 0.5) is 0 Å². The van der Waals surface area contributed by atoms with Crippen molar-refractivity contribution >= 4 is 0 Å². The predicted molar refractivity (Wildman–Crippen MR) is 84.9 cm³/mol. The van der Waals surface area contributed by atoms with Gasteiger partial charge in [0.2, 0.25) is 0 Å². The minimum atomic E-state index is 0.223. The lowest BCUT2D eigenvalue weighted by Gasteiger charge is -2.24. The van der Waals surface area contributed by atoms with Gasteiger partial charge in [0.05, 0.1) is 12.8 Å². The van der Waals surface area contributed by atoms with Crippen molar-refractivity contribution in [2.24, 2.45) is 5.73 Å². The Kier molecular flexibility index (Phi) is 4.73. The molecule has 1 aliphatic carbocycles. The zero-order valence-corrected chi connectivity index (χ0v) is 12.4. The van der Waals surface area contributed by atoms with Crippen molar-refractivity contribution in [3.05, 3.63) is 60.1 Å². The maximum atomic E-state index is 6.34. The number of furan rings is 1. The number of hydrogen-bond acceptors (Lipinski definition) is 3. The van der Waals surface area contributed by atoms with E-state index in [2.05, 4.69) is 35.2 Å². The third-order valence-electron chi connectivity index (χ3n) is 4.12. The molecule has 0 amide bonds. The van der Waals surface area contributed by atoms with Gasteiger partial charge in [-0.2, -0.15) is 0 Å². The number of benzene rings is 1. The predicted octanol–water partition coefficient (Wildman–Crippen LogP) is 3.20. The van der Waals surface area contributed by atoms with E-state index in [1.54, 1.807) is 6.26 Å². The van der Waals surface area contributed by atoms with Crippen LogP contribution in [0.5, 0.6) is 0 Å². The maximum Gasteiger partial charge on any atom is 0.117 e. The van der Waals surface area contributed by atoms with Gasteiger partial charge in [-0.3, -0.25) is 4.90 Å². The molecule has 1 unspecified atom stereocenters. The molecule has 112 valence electrons. The first-order chi connectivity index (χ1) is 10.3. The summed E-state index contributed by atoms with van der Waals surface area (Å²) in [4.78, 5) is 2.48. The molecule has 0 saturated heterocycles. The molecule has 3 rings (SSSR count). The minimum absolute atomic E-state index is 0.223. The molecule has 2 N–H and O–H groups in total. The first kappa shape index (κ1) is 14.4. The second-order valence-electron chi connectivity index (χ2n) is 6.02. The molecule has 0 bridgehead atoms. The molecule has 1 saturated carbocycles. The van der Waals surface area contributed by atoms with Crippen LogP contribution < -0.4 is 5.73 Å². The minimum Gasteiger partial charge on any atom is -0.468 e. The first-order valence-electron chi connectivity index (χ1n) is 7.87. The van der Waals surface area contributed by atoms with E-state index < -0.39 is 0 Å². The molecule has 0 radical (unpaired) electrons. The Morgan fingerprint density at radius 1 is 1.14 bits per heavy atom. The molecule has 3 nitrogen and oxygen atoms in total. The molecule has 1 aromatic heterocycles. The van der Waals surface area contributed by atoms with E-state index in [4.69, 9.17) is 10.2 Å². The smallest absolute Gasteiger partial charge is 0.117 e. The summed E-state index contributed by atoms with van der Waals surface area (Å²) in [6.45, 7) is 1.84. The molecule has 1 aliphatic rings. The van der Waals surface area contributed by atoms with Gasteiger partial charge in [0.1, 0.15) is 5.76 Å². The number of rotatable bonds is 8. The monoisotopic (exact) mass is 284 g/mol. The first-order valence-corrected chi connectivity index (χ1v) is 7.87. The summed E-state index contributed by atoms with van der Waals surface area (Å²) >= 11 is 0. The Labute approximate surface area is 126 Å². The van der Waals surface area contributed by atoms with Crippen LogP contribution in [-0.2, 0) is 13.0 Å². The van der Waals surface area contributed by atoms with Gasteiger partial charge in [-0.15, -0.1) is 0 Å². The van der Waals surface area contributed by atoms with Gasteiger partial charge in [0, 0.05) is 18.6 Å². The topological polar surface area (TPSA) is 42.4 Å². The van der Waals surface area contributed by atoms with E-state index in [-0.39, 0.29) is 6.04 Å². The van der Waals surface area contributed by atoms with Crippen LogP contribution in [0.15, 0.2) is 53.1 Å². The Morgan fingerprint density at radius 3 is 2.62 bits per heavy atom. The summed E-state index contributed by atoms with van der Waals surface area (Å²) in [6.07, 6.45) is 6.43. The van der Waals surface area contributed by atoms with Gasteiger partial charge in [0.15, 0.2) is 0 Å². The molecule has 3 heteroatoms. The zero-order chi connectivity index (χ0) is 14.5. The molecule has 21 heavy (non-hydrogen) atoms. The molecular weight excluding hydrogens is 260 g/mol. The van der Waals surface area contributed by atoms with Crippen LogP contribution in [0.1, 0.15) is 30.6 Å². The van der Waals surface area contributed by atoms with Crippen LogP contribution in [0.3, 0.4) is 0 Å². The average Bonchev–Trinajstić information content (AvgIpc) is 3.24. The third-order valence-corrected chi connectivity index (χ3v) is 4.12. The van der Waals surface area contributed by atoms with E-state index in [0.29, 0.717) is 6.04 Å². The quantitative estimate of drug-likeness (QED) is 0.809. The maximum absolute atomic E-state index is 6.34. The standard InChI is InChI=1S/C18H24N2O/c19-16(9-8-15-5-2-1-3-6-15)13-20(17-10-11-17)14-18-7-4-12-21-18/h1-7,12,16-17H,8-11,13-14,19H2. The van der Waals surface area contributed by atoms with Crippen LogP contribution in [-0.4, -0.2) is 23.5 Å². The van der Waals surface area contributed by atoms with Gasteiger partial charge >= 0.3 is 0 Å². The molecule has 1 aromatic carbocycles. The Hall–Kier alpha value is -1.58. The summed E-state index contributed by atoms with van der Waals surface area (Å²) in [5, 5.41) is 0. The number of nitrogens with two attached hydrogens (primary N) is 1. The summed E-state index contributed by atoms with van der Waals surface area (Å²) in [7, 11) is 0. The second kappa shape index (κ2) is 6.92. The van der Waals surface area contributed by atoms with Crippen LogP contribution in [0.2, 0.25) is 0 Å². The highest BCUT2D eigenvalue weighted by Gasteiger charge is 2.30. The lowest BCUT2D eigenvalue weighted by Crippen LogP contribution is -2.38. The molecule has 1 fully saturated rings. The molecule has 2 aromatic rings. The van der Waals surface area contributed by atoms with Crippen molar-refractivity contribution in [2.75, 3.05) is 6.54 Å². The molecule has 1 heterocycles. The van der Waals surface area contributed by atoms with Gasteiger partial charge in [-0.1, -0.05) is 30.3 Å². The van der Waals surface area contributed by atoms with Crippen LogP contribution in [0, 0.1) is 0 Å². The number of aryl methyl sites for hydroxylation is 1. The van der Waals surface area contributed by atoms with Gasteiger partial charge in [-0.05, 0) is 43.4 Å². The van der Waals surface area contributed by atoms with Crippen molar-refractivity contribution < 1.29 is 4.42 Å². The molecule has 0 aliphatic heterocycles. The zero-order valence-electron chi connectivity index (χ0n) is 12.4. The Bertz CT molecular complexity index is 519.